The molecule has 0 radical (unpaired) electrons. The van der Waals surface area contributed by atoms with Gasteiger partial charge in [-0.05, 0) is 137 Å². The van der Waals surface area contributed by atoms with Crippen LogP contribution in [0.25, 0.3) is 64.6 Å². The maximum atomic E-state index is 14.0. The first-order valence-electron chi connectivity index (χ1n) is 11.1. The Labute approximate surface area is 199 Å². The number of rotatable bonds is 0. The zero-order chi connectivity index (χ0) is 24.9. The fourth-order valence-electron chi connectivity index (χ4n) is 5.22. The normalized spacial score (nSPS) is 12.2. The molecule has 0 aliphatic carbocycles. The van der Waals surface area contributed by atoms with Crippen molar-refractivity contribution in [3.8, 4) is 0 Å². The van der Waals surface area contributed by atoms with Crippen LogP contribution in [0.2, 0.25) is 0 Å². The fraction of sp³-hybridized carbons (Fsp3) is 0. The molecule has 0 unspecified atom stereocenters. The van der Waals surface area contributed by atoms with E-state index in [-0.39, 0.29) is 0 Å². The summed E-state index contributed by atoms with van der Waals surface area (Å²) in [6.45, 7) is 0. The predicted octanol–water partition coefficient (Wildman–Crippen LogP) is 9.44. The second kappa shape index (κ2) is 7.10. The second-order valence-corrected chi connectivity index (χ2v) is 9.03. The van der Waals surface area contributed by atoms with Gasteiger partial charge in [-0.25, -0.2) is 26.3 Å². The first-order valence-corrected chi connectivity index (χ1v) is 11.1. The van der Waals surface area contributed by atoms with Crippen LogP contribution in [0.15, 0.2) is 72.8 Å². The molecule has 0 aliphatic heterocycles. The average Bonchev–Trinajstić information content (AvgIpc) is 2.84. The Balaban J connectivity index is 1.76. The van der Waals surface area contributed by atoms with Crippen LogP contribution >= 0.6 is 0 Å². The minimum absolute atomic E-state index is 0.460. The third-order valence-corrected chi connectivity index (χ3v) is 6.92. The van der Waals surface area contributed by atoms with Crippen LogP contribution in [0.1, 0.15) is 0 Å². The lowest BCUT2D eigenvalue weighted by Gasteiger charge is -2.15. The van der Waals surface area contributed by atoms with Crippen molar-refractivity contribution in [2.24, 2.45) is 0 Å². The van der Waals surface area contributed by atoms with Crippen LogP contribution in [0.5, 0.6) is 0 Å². The van der Waals surface area contributed by atoms with E-state index in [1.807, 2.05) is 0 Å². The van der Waals surface area contributed by atoms with Gasteiger partial charge in [0.25, 0.3) is 0 Å². The van der Waals surface area contributed by atoms with Gasteiger partial charge >= 0.3 is 0 Å². The molecule has 0 aromatic heterocycles. The Kier molecular flexibility index (Phi) is 4.14. The van der Waals surface area contributed by atoms with Crippen molar-refractivity contribution in [2.75, 3.05) is 0 Å². The van der Waals surface area contributed by atoms with Gasteiger partial charge < -0.3 is 0 Å². The summed E-state index contributed by atoms with van der Waals surface area (Å²) in [6, 6.07) is 16.9. The van der Waals surface area contributed by atoms with Crippen molar-refractivity contribution >= 4 is 64.6 Å². The van der Waals surface area contributed by atoms with Crippen molar-refractivity contribution < 1.29 is 26.3 Å². The molecule has 0 bridgehead atoms. The summed E-state index contributed by atoms with van der Waals surface area (Å²) in [4.78, 5) is 0. The minimum atomic E-state index is -0.988. The van der Waals surface area contributed by atoms with E-state index in [2.05, 4.69) is 0 Å². The summed E-state index contributed by atoms with van der Waals surface area (Å²) >= 11 is 0. The molecule has 0 N–H and O–H groups in total. The van der Waals surface area contributed by atoms with E-state index in [0.717, 1.165) is 36.4 Å². The number of hydrogen-bond acceptors (Lipinski definition) is 0. The zero-order valence-corrected chi connectivity index (χ0v) is 18.2. The Hall–Kier alpha value is -4.32. The monoisotopic (exact) mass is 486 g/mol. The van der Waals surface area contributed by atoms with Gasteiger partial charge in [-0.15, -0.1) is 0 Å². The van der Waals surface area contributed by atoms with Crippen LogP contribution in [-0.4, -0.2) is 0 Å². The second-order valence-electron chi connectivity index (χ2n) is 9.03. The van der Waals surface area contributed by atoms with Gasteiger partial charge in [0.05, 0.1) is 0 Å². The molecule has 0 saturated carbocycles. The smallest absolute Gasteiger partial charge is 0.159 e. The Morgan fingerprint density at radius 1 is 0.222 bits per heavy atom. The largest absolute Gasteiger partial charge is 0.204 e. The SMILES string of the molecule is Fc1cc2cc3c4cc5cc(F)c(F)cc5cc4c4cc5cc(F)c(F)cc5cc4c3cc2cc1F. The van der Waals surface area contributed by atoms with Gasteiger partial charge in [-0.1, -0.05) is 0 Å². The molecule has 0 saturated heterocycles. The molecule has 0 amide bonds. The van der Waals surface area contributed by atoms with Gasteiger partial charge in [0.15, 0.2) is 34.9 Å². The molecule has 0 aliphatic rings. The molecule has 0 fully saturated rings. The average molecular weight is 486 g/mol. The molecule has 0 atom stereocenters. The minimum Gasteiger partial charge on any atom is -0.204 e. The third kappa shape index (κ3) is 2.90. The molecule has 36 heavy (non-hydrogen) atoms. The summed E-state index contributed by atoms with van der Waals surface area (Å²) in [5, 5.41) is 6.78. The van der Waals surface area contributed by atoms with Crippen LogP contribution in [0.4, 0.5) is 26.3 Å². The lowest BCUT2D eigenvalue weighted by Crippen LogP contribution is -1.90. The van der Waals surface area contributed by atoms with Gasteiger partial charge in [0, 0.05) is 0 Å². The van der Waals surface area contributed by atoms with E-state index in [1.165, 1.54) is 0 Å². The molecule has 0 heterocycles. The van der Waals surface area contributed by atoms with E-state index in [1.54, 1.807) is 36.4 Å². The summed E-state index contributed by atoms with van der Waals surface area (Å²) in [5.41, 5.74) is 0. The quantitative estimate of drug-likeness (QED) is 0.114. The third-order valence-electron chi connectivity index (χ3n) is 6.92. The fourth-order valence-corrected chi connectivity index (χ4v) is 5.22. The van der Waals surface area contributed by atoms with Crippen LogP contribution < -0.4 is 0 Å². The molecule has 174 valence electrons. The number of benzene rings is 7. The van der Waals surface area contributed by atoms with Crippen LogP contribution in [0, 0.1) is 34.9 Å². The topological polar surface area (TPSA) is 0 Å². The summed E-state index contributed by atoms with van der Waals surface area (Å²) in [5.74, 6) is -5.93. The first kappa shape index (κ1) is 21.0. The Morgan fingerprint density at radius 2 is 0.361 bits per heavy atom. The van der Waals surface area contributed by atoms with Gasteiger partial charge in [-0.2, -0.15) is 0 Å². The Morgan fingerprint density at radius 3 is 0.500 bits per heavy atom. The van der Waals surface area contributed by atoms with E-state index in [4.69, 9.17) is 0 Å². The Bertz CT molecular complexity index is 1690. The van der Waals surface area contributed by atoms with Gasteiger partial charge in [0.1, 0.15) is 0 Å². The maximum absolute atomic E-state index is 14.0. The van der Waals surface area contributed by atoms with Crippen molar-refractivity contribution in [3.63, 3.8) is 0 Å². The van der Waals surface area contributed by atoms with Crippen molar-refractivity contribution in [1.82, 2.24) is 0 Å². The highest BCUT2D eigenvalue weighted by molar-refractivity contribution is 6.30. The summed E-state index contributed by atoms with van der Waals surface area (Å²) in [7, 11) is 0. The molecule has 0 nitrogen and oxygen atoms in total. The van der Waals surface area contributed by atoms with Crippen molar-refractivity contribution in [2.45, 2.75) is 0 Å². The number of halogens is 6. The maximum Gasteiger partial charge on any atom is 0.159 e. The molecule has 0 spiro atoms. The van der Waals surface area contributed by atoms with Crippen LogP contribution in [0.3, 0.4) is 0 Å². The van der Waals surface area contributed by atoms with E-state index < -0.39 is 34.9 Å². The lowest BCUT2D eigenvalue weighted by molar-refractivity contribution is 0.511. The molecule has 7 aromatic rings. The summed E-state index contributed by atoms with van der Waals surface area (Å²) < 4.78 is 84.2. The van der Waals surface area contributed by atoms with Crippen molar-refractivity contribution in [3.05, 3.63) is 108 Å². The summed E-state index contributed by atoms with van der Waals surface area (Å²) in [6.07, 6.45) is 0. The zero-order valence-electron chi connectivity index (χ0n) is 18.2. The van der Waals surface area contributed by atoms with Crippen LogP contribution in [-0.2, 0) is 0 Å². The highest BCUT2D eigenvalue weighted by Gasteiger charge is 2.16. The van der Waals surface area contributed by atoms with E-state index in [0.29, 0.717) is 64.6 Å². The van der Waals surface area contributed by atoms with Gasteiger partial charge in [0.2, 0.25) is 0 Å². The predicted molar refractivity (Wildman–Crippen MR) is 131 cm³/mol. The van der Waals surface area contributed by atoms with E-state index in [9.17, 15) is 26.3 Å². The molecule has 7 rings (SSSR count). The number of hydrogen-bond donors (Lipinski definition) is 0. The van der Waals surface area contributed by atoms with Gasteiger partial charge in [-0.3, -0.25) is 0 Å². The highest BCUT2D eigenvalue weighted by atomic mass is 19.2. The molecular weight excluding hydrogens is 474 g/mol. The standard InChI is InChI=1S/C30H12F6/c31-25-7-13-1-19-20(2-14(13)8-26(25)32)22-5-17-11-29(35)30(36)12-18(17)6-24(22)23-4-16-10-28(34)27(33)9-15(16)3-21(19)23/h1-12H. The van der Waals surface area contributed by atoms with E-state index >= 15 is 0 Å². The lowest BCUT2D eigenvalue weighted by atomic mass is 9.89. The number of fused-ring (bicyclic) bond motifs is 9. The molecule has 7 aromatic carbocycles. The first-order chi connectivity index (χ1) is 17.3. The highest BCUT2D eigenvalue weighted by Crippen LogP contribution is 2.41. The van der Waals surface area contributed by atoms with Crippen molar-refractivity contribution in [1.29, 1.82) is 0 Å². The molecule has 6 heteroatoms. The molecular formula is C30H12F6.